The molecule has 1 aromatic carbocycles. The van der Waals surface area contributed by atoms with Crippen LogP contribution in [0.4, 0.5) is 0 Å². The van der Waals surface area contributed by atoms with Crippen LogP contribution in [0.3, 0.4) is 0 Å². The third-order valence-electron chi connectivity index (χ3n) is 2.84. The summed E-state index contributed by atoms with van der Waals surface area (Å²) in [6, 6.07) is 7.92. The molecule has 0 spiro atoms. The first-order valence-electron chi connectivity index (χ1n) is 6.16. The first-order valence-corrected chi connectivity index (χ1v) is 9.32. The fourth-order valence-electron chi connectivity index (χ4n) is 1.90. The highest BCUT2D eigenvalue weighted by Gasteiger charge is 2.20. The Balaban J connectivity index is 2.44. The summed E-state index contributed by atoms with van der Waals surface area (Å²) < 4.78 is 2.13. The quantitative estimate of drug-likeness (QED) is 0.528. The maximum atomic E-state index is 6.37. The Morgan fingerprint density at radius 2 is 2.05 bits per heavy atom. The number of hydrogen-bond acceptors (Lipinski definition) is 2. The minimum atomic E-state index is 0.0498. The van der Waals surface area contributed by atoms with Gasteiger partial charge in [-0.25, -0.2) is 0 Å². The molecule has 1 unspecified atom stereocenters. The van der Waals surface area contributed by atoms with E-state index in [1.807, 2.05) is 18.2 Å². The van der Waals surface area contributed by atoms with Crippen molar-refractivity contribution in [3.8, 4) is 0 Å². The second kappa shape index (κ2) is 7.61. The molecule has 0 radical (unpaired) electrons. The molecule has 1 nitrogen and oxygen atoms in total. The summed E-state index contributed by atoms with van der Waals surface area (Å²) in [7, 11) is 0. The molecule has 2 aromatic rings. The van der Waals surface area contributed by atoms with Gasteiger partial charge < -0.3 is 5.32 Å². The van der Waals surface area contributed by atoms with Gasteiger partial charge in [-0.3, -0.25) is 0 Å². The fourth-order valence-corrected chi connectivity index (χ4v) is 4.50. The van der Waals surface area contributed by atoms with Crippen LogP contribution in [-0.4, -0.2) is 6.54 Å². The van der Waals surface area contributed by atoms with Crippen molar-refractivity contribution in [2.24, 2.45) is 0 Å². The number of thiophene rings is 1. The monoisotopic (exact) mass is 455 g/mol. The van der Waals surface area contributed by atoms with E-state index in [1.165, 1.54) is 4.88 Å². The van der Waals surface area contributed by atoms with E-state index >= 15 is 0 Å². The van der Waals surface area contributed by atoms with Gasteiger partial charge in [-0.2, -0.15) is 0 Å². The first-order chi connectivity index (χ1) is 9.54. The Hall–Kier alpha value is 0.420. The van der Waals surface area contributed by atoms with Crippen LogP contribution < -0.4 is 5.32 Å². The fraction of sp³-hybridized carbons (Fsp3) is 0.286. The number of nitrogens with one attached hydrogen (secondary N) is 1. The molecular weight excluding hydrogens is 445 g/mol. The molecule has 1 aromatic heterocycles. The number of halogens is 4. The molecule has 0 amide bonds. The Kier molecular flexibility index (Phi) is 6.39. The maximum Gasteiger partial charge on any atom is 0.0843 e. The van der Waals surface area contributed by atoms with Crippen LogP contribution in [0, 0.1) is 0 Å². The molecule has 6 heteroatoms. The molecule has 108 valence electrons. The Morgan fingerprint density at radius 1 is 1.30 bits per heavy atom. The van der Waals surface area contributed by atoms with E-state index in [4.69, 9.17) is 23.2 Å². The molecule has 0 bridgehead atoms. The second-order valence-corrected chi connectivity index (χ2v) is 8.34. The molecule has 2 rings (SSSR count). The first kappa shape index (κ1) is 16.8. The van der Waals surface area contributed by atoms with E-state index in [0.717, 1.165) is 26.8 Å². The molecule has 1 atom stereocenters. The molecule has 1 N–H and O–H groups in total. The lowest BCUT2D eigenvalue weighted by Gasteiger charge is -2.19. The molecule has 0 aliphatic carbocycles. The van der Waals surface area contributed by atoms with E-state index in [2.05, 4.69) is 50.2 Å². The average molecular weight is 458 g/mol. The maximum absolute atomic E-state index is 6.37. The van der Waals surface area contributed by atoms with Crippen LogP contribution in [0.25, 0.3) is 0 Å². The highest BCUT2D eigenvalue weighted by molar-refractivity contribution is 9.13. The standard InChI is InChI=1S/C14H13Br2Cl2NS/c1-2-6-19-13(11-7-9(15)14(16)20-11)8-4-3-5-10(17)12(8)18/h3-5,7,13,19H,2,6H2,1H3. The molecular formula is C14H13Br2Cl2NS. The summed E-state index contributed by atoms with van der Waals surface area (Å²) in [5.41, 5.74) is 1.01. The second-order valence-electron chi connectivity index (χ2n) is 4.30. The summed E-state index contributed by atoms with van der Waals surface area (Å²) in [5.74, 6) is 0. The predicted molar refractivity (Wildman–Crippen MR) is 96.3 cm³/mol. The highest BCUT2D eigenvalue weighted by Crippen LogP contribution is 2.40. The van der Waals surface area contributed by atoms with Crippen LogP contribution in [0.5, 0.6) is 0 Å². The number of benzene rings is 1. The molecule has 0 aliphatic rings. The number of hydrogen-bond donors (Lipinski definition) is 1. The normalized spacial score (nSPS) is 12.7. The van der Waals surface area contributed by atoms with E-state index in [1.54, 1.807) is 11.3 Å². The van der Waals surface area contributed by atoms with Gasteiger partial charge in [0.15, 0.2) is 0 Å². The lowest BCUT2D eigenvalue weighted by atomic mass is 10.1. The van der Waals surface area contributed by atoms with Crippen molar-refractivity contribution in [2.75, 3.05) is 6.54 Å². The van der Waals surface area contributed by atoms with Crippen molar-refractivity contribution < 1.29 is 0 Å². The Bertz CT molecular complexity index is 581. The van der Waals surface area contributed by atoms with Crippen molar-refractivity contribution in [1.82, 2.24) is 5.32 Å². The SMILES string of the molecule is CCCNC(c1cc(Br)c(Br)s1)c1cccc(Cl)c1Cl. The Morgan fingerprint density at radius 3 is 2.65 bits per heavy atom. The highest BCUT2D eigenvalue weighted by atomic mass is 79.9. The van der Waals surface area contributed by atoms with Crippen LogP contribution in [-0.2, 0) is 0 Å². The summed E-state index contributed by atoms with van der Waals surface area (Å²) in [5, 5.41) is 4.74. The lowest BCUT2D eigenvalue weighted by Crippen LogP contribution is -2.22. The van der Waals surface area contributed by atoms with Crippen LogP contribution in [0.1, 0.15) is 29.8 Å². The van der Waals surface area contributed by atoms with Crippen molar-refractivity contribution in [3.05, 3.63) is 53.0 Å². The molecule has 1 heterocycles. The van der Waals surface area contributed by atoms with E-state index in [0.29, 0.717) is 10.0 Å². The predicted octanol–water partition coefficient (Wildman–Crippen LogP) is 6.67. The molecule has 0 saturated heterocycles. The minimum absolute atomic E-state index is 0.0498. The lowest BCUT2D eigenvalue weighted by molar-refractivity contribution is 0.606. The summed E-state index contributed by atoms with van der Waals surface area (Å²) in [4.78, 5) is 1.20. The van der Waals surface area contributed by atoms with Gasteiger partial charge >= 0.3 is 0 Å². The minimum Gasteiger partial charge on any atom is -0.306 e. The zero-order chi connectivity index (χ0) is 14.7. The van der Waals surface area contributed by atoms with Gasteiger partial charge in [-0.1, -0.05) is 42.3 Å². The van der Waals surface area contributed by atoms with E-state index in [-0.39, 0.29) is 6.04 Å². The van der Waals surface area contributed by atoms with E-state index in [9.17, 15) is 0 Å². The van der Waals surface area contributed by atoms with Crippen molar-refractivity contribution in [1.29, 1.82) is 0 Å². The van der Waals surface area contributed by atoms with E-state index < -0.39 is 0 Å². The van der Waals surface area contributed by atoms with Gasteiger partial charge in [0.05, 0.1) is 19.9 Å². The van der Waals surface area contributed by atoms with Gasteiger partial charge in [0.25, 0.3) is 0 Å². The third-order valence-corrected chi connectivity index (χ3v) is 6.99. The largest absolute Gasteiger partial charge is 0.306 e. The molecule has 20 heavy (non-hydrogen) atoms. The average Bonchev–Trinajstić information content (AvgIpc) is 2.74. The molecule has 0 saturated carbocycles. The van der Waals surface area contributed by atoms with Crippen LogP contribution in [0.15, 0.2) is 32.5 Å². The summed E-state index contributed by atoms with van der Waals surface area (Å²) >= 11 is 21.3. The van der Waals surface area contributed by atoms with Crippen molar-refractivity contribution in [2.45, 2.75) is 19.4 Å². The molecule has 0 aliphatic heterocycles. The zero-order valence-electron chi connectivity index (χ0n) is 10.7. The summed E-state index contributed by atoms with van der Waals surface area (Å²) in [6.07, 6.45) is 1.06. The van der Waals surface area contributed by atoms with Crippen molar-refractivity contribution >= 4 is 66.4 Å². The zero-order valence-corrected chi connectivity index (χ0v) is 16.2. The van der Waals surface area contributed by atoms with Crippen molar-refractivity contribution in [3.63, 3.8) is 0 Å². The van der Waals surface area contributed by atoms with Crippen LogP contribution >= 0.6 is 66.4 Å². The van der Waals surface area contributed by atoms with Gasteiger partial charge in [0, 0.05) is 9.35 Å². The van der Waals surface area contributed by atoms with Gasteiger partial charge in [0.1, 0.15) is 0 Å². The number of rotatable bonds is 5. The van der Waals surface area contributed by atoms with Crippen LogP contribution in [0.2, 0.25) is 10.0 Å². The third kappa shape index (κ3) is 3.79. The summed E-state index contributed by atoms with van der Waals surface area (Å²) in [6.45, 7) is 3.06. The van der Waals surface area contributed by atoms with Gasteiger partial charge in [0.2, 0.25) is 0 Å². The molecule has 0 fully saturated rings. The topological polar surface area (TPSA) is 12.0 Å². The van der Waals surface area contributed by atoms with Gasteiger partial charge in [-0.15, -0.1) is 11.3 Å². The van der Waals surface area contributed by atoms with Gasteiger partial charge in [-0.05, 0) is 62.5 Å². The smallest absolute Gasteiger partial charge is 0.0843 e. The Labute approximate surface area is 149 Å².